The minimum Gasteiger partial charge on any atom is -0.450 e. The molecule has 0 amide bonds. The van der Waals surface area contributed by atoms with E-state index in [2.05, 4.69) is 20.4 Å². The zero-order valence-electron chi connectivity index (χ0n) is 9.01. The van der Waals surface area contributed by atoms with Gasteiger partial charge in [0.2, 0.25) is 5.28 Å². The zero-order chi connectivity index (χ0) is 12.3. The highest BCUT2D eigenvalue weighted by atomic mass is 35.5. The summed E-state index contributed by atoms with van der Waals surface area (Å²) >= 11 is 5.64. The molecule has 0 fully saturated rings. The zero-order valence-corrected chi connectivity index (χ0v) is 9.77. The Morgan fingerprint density at radius 3 is 2.88 bits per heavy atom. The predicted octanol–water partition coefficient (Wildman–Crippen LogP) is 1.91. The van der Waals surface area contributed by atoms with Crippen LogP contribution in [0.1, 0.15) is 5.69 Å². The Morgan fingerprint density at radius 1 is 1.35 bits per heavy atom. The number of aryl methyl sites for hydroxylation is 1. The van der Waals surface area contributed by atoms with Gasteiger partial charge >= 0.3 is 0 Å². The van der Waals surface area contributed by atoms with Gasteiger partial charge in [0.15, 0.2) is 11.6 Å². The normalized spacial score (nSPS) is 10.1. The van der Waals surface area contributed by atoms with E-state index in [0.29, 0.717) is 17.3 Å². The largest absolute Gasteiger partial charge is 0.450 e. The lowest BCUT2D eigenvalue weighted by molar-refractivity contribution is 0.473. The van der Waals surface area contributed by atoms with E-state index in [0.717, 1.165) is 5.69 Å². The van der Waals surface area contributed by atoms with Crippen LogP contribution in [0.5, 0.6) is 11.5 Å². The van der Waals surface area contributed by atoms with E-state index in [4.69, 9.17) is 22.2 Å². The number of hydrazine groups is 1. The Kier molecular flexibility index (Phi) is 3.36. The molecule has 2 aromatic rings. The molecular formula is C10H10ClN5O. The molecule has 0 unspecified atom stereocenters. The molecule has 0 bridgehead atoms. The van der Waals surface area contributed by atoms with Crippen molar-refractivity contribution in [2.45, 2.75) is 6.92 Å². The monoisotopic (exact) mass is 251 g/mol. The van der Waals surface area contributed by atoms with Crippen molar-refractivity contribution in [3.8, 4) is 11.5 Å². The maximum absolute atomic E-state index is 5.64. The number of nitrogen functional groups attached to an aromatic ring is 1. The van der Waals surface area contributed by atoms with E-state index >= 15 is 0 Å². The van der Waals surface area contributed by atoms with Gasteiger partial charge in [-0.1, -0.05) is 0 Å². The maximum atomic E-state index is 5.64. The van der Waals surface area contributed by atoms with Gasteiger partial charge < -0.3 is 10.2 Å². The average Bonchev–Trinajstić information content (AvgIpc) is 2.34. The predicted molar refractivity (Wildman–Crippen MR) is 63.9 cm³/mol. The van der Waals surface area contributed by atoms with Crippen LogP contribution in [0.2, 0.25) is 5.28 Å². The van der Waals surface area contributed by atoms with Crippen molar-refractivity contribution in [3.63, 3.8) is 0 Å². The van der Waals surface area contributed by atoms with Crippen LogP contribution in [-0.4, -0.2) is 15.0 Å². The fraction of sp³-hybridized carbons (Fsp3) is 0.100. The topological polar surface area (TPSA) is 86.0 Å². The molecule has 0 aliphatic heterocycles. The lowest BCUT2D eigenvalue weighted by Crippen LogP contribution is -2.10. The van der Waals surface area contributed by atoms with Crippen LogP contribution >= 0.6 is 11.6 Å². The van der Waals surface area contributed by atoms with Gasteiger partial charge in [-0.2, -0.15) is 4.98 Å². The summed E-state index contributed by atoms with van der Waals surface area (Å²) in [5.41, 5.74) is 3.15. The molecule has 2 heterocycles. The van der Waals surface area contributed by atoms with Crippen molar-refractivity contribution in [2.24, 2.45) is 5.84 Å². The first-order chi connectivity index (χ1) is 8.20. The Bertz CT molecular complexity index is 534. The molecule has 6 nitrogen and oxygen atoms in total. The van der Waals surface area contributed by atoms with Crippen molar-refractivity contribution in [1.82, 2.24) is 15.0 Å². The first-order valence-electron chi connectivity index (χ1n) is 4.79. The Hall–Kier alpha value is -1.92. The van der Waals surface area contributed by atoms with Gasteiger partial charge in [-0.3, -0.25) is 4.98 Å². The van der Waals surface area contributed by atoms with E-state index in [9.17, 15) is 0 Å². The first-order valence-corrected chi connectivity index (χ1v) is 5.17. The molecule has 88 valence electrons. The van der Waals surface area contributed by atoms with Crippen LogP contribution in [0.15, 0.2) is 24.5 Å². The molecule has 0 saturated heterocycles. The van der Waals surface area contributed by atoms with Gasteiger partial charge in [-0.15, -0.1) is 0 Å². The summed E-state index contributed by atoms with van der Waals surface area (Å²) in [7, 11) is 0. The highest BCUT2D eigenvalue weighted by Gasteiger charge is 2.09. The lowest BCUT2D eigenvalue weighted by Gasteiger charge is -2.10. The summed E-state index contributed by atoms with van der Waals surface area (Å²) in [4.78, 5) is 11.8. The summed E-state index contributed by atoms with van der Waals surface area (Å²) in [6.07, 6.45) is 3.12. The van der Waals surface area contributed by atoms with Crippen molar-refractivity contribution in [2.75, 3.05) is 5.43 Å². The SMILES string of the molecule is Cc1ncccc1Oc1cnc(Cl)nc1NN. The van der Waals surface area contributed by atoms with E-state index < -0.39 is 0 Å². The average molecular weight is 252 g/mol. The maximum Gasteiger partial charge on any atom is 0.224 e. The van der Waals surface area contributed by atoms with Crippen molar-refractivity contribution >= 4 is 17.4 Å². The molecule has 0 aliphatic rings. The number of hydrogen-bond donors (Lipinski definition) is 2. The molecule has 17 heavy (non-hydrogen) atoms. The molecule has 0 aliphatic carbocycles. The molecule has 0 spiro atoms. The molecule has 0 radical (unpaired) electrons. The Balaban J connectivity index is 2.33. The number of halogens is 1. The minimum absolute atomic E-state index is 0.0909. The number of anilines is 1. The second-order valence-corrected chi connectivity index (χ2v) is 3.52. The smallest absolute Gasteiger partial charge is 0.224 e. The summed E-state index contributed by atoms with van der Waals surface area (Å²) < 4.78 is 5.60. The molecule has 3 N–H and O–H groups in total. The fourth-order valence-corrected chi connectivity index (χ4v) is 1.36. The van der Waals surface area contributed by atoms with Crippen molar-refractivity contribution < 1.29 is 4.74 Å². The standard InChI is InChI=1S/C10H10ClN5O/c1-6-7(3-2-4-13-6)17-8-5-14-10(11)15-9(8)16-12/h2-5H,12H2,1H3,(H,14,15,16). The highest BCUT2D eigenvalue weighted by Crippen LogP contribution is 2.28. The van der Waals surface area contributed by atoms with Crippen molar-refractivity contribution in [3.05, 3.63) is 35.5 Å². The number of nitrogens with two attached hydrogens (primary N) is 1. The summed E-state index contributed by atoms with van der Waals surface area (Å²) in [6.45, 7) is 1.83. The van der Waals surface area contributed by atoms with Gasteiger partial charge in [-0.05, 0) is 30.7 Å². The lowest BCUT2D eigenvalue weighted by atomic mass is 10.3. The number of nitrogens with one attached hydrogen (secondary N) is 1. The van der Waals surface area contributed by atoms with Crippen LogP contribution in [0, 0.1) is 6.92 Å². The number of rotatable bonds is 3. The van der Waals surface area contributed by atoms with Gasteiger partial charge in [0.05, 0.1) is 11.9 Å². The van der Waals surface area contributed by atoms with E-state index in [1.165, 1.54) is 6.20 Å². The Morgan fingerprint density at radius 2 is 2.18 bits per heavy atom. The number of aromatic nitrogens is 3. The molecule has 2 aromatic heterocycles. The quantitative estimate of drug-likeness (QED) is 0.492. The molecule has 2 rings (SSSR count). The molecule has 0 atom stereocenters. The van der Waals surface area contributed by atoms with Gasteiger partial charge in [0.1, 0.15) is 5.75 Å². The second kappa shape index (κ2) is 4.94. The third-order valence-corrected chi connectivity index (χ3v) is 2.22. The van der Waals surface area contributed by atoms with Crippen LogP contribution in [0.3, 0.4) is 0 Å². The molecule has 7 heteroatoms. The minimum atomic E-state index is 0.0909. The number of ether oxygens (including phenoxy) is 1. The van der Waals surface area contributed by atoms with Crippen molar-refractivity contribution in [1.29, 1.82) is 0 Å². The fourth-order valence-electron chi connectivity index (χ4n) is 1.22. The van der Waals surface area contributed by atoms with Crippen LogP contribution in [0.25, 0.3) is 0 Å². The van der Waals surface area contributed by atoms with E-state index in [1.807, 2.05) is 6.92 Å². The Labute approximate surface area is 103 Å². The van der Waals surface area contributed by atoms with E-state index in [1.54, 1.807) is 18.3 Å². The molecule has 0 saturated carbocycles. The number of pyridine rings is 1. The number of nitrogens with zero attached hydrogens (tertiary/aromatic N) is 3. The highest BCUT2D eigenvalue weighted by molar-refractivity contribution is 6.28. The van der Waals surface area contributed by atoms with Crippen LogP contribution in [0.4, 0.5) is 5.82 Å². The third-order valence-electron chi connectivity index (χ3n) is 2.04. The molecule has 0 aromatic carbocycles. The van der Waals surface area contributed by atoms with Gasteiger partial charge in [-0.25, -0.2) is 10.8 Å². The van der Waals surface area contributed by atoms with Gasteiger partial charge in [0.25, 0.3) is 0 Å². The number of hydrogen-bond acceptors (Lipinski definition) is 6. The second-order valence-electron chi connectivity index (χ2n) is 3.19. The summed E-state index contributed by atoms with van der Waals surface area (Å²) in [5.74, 6) is 6.62. The van der Waals surface area contributed by atoms with Crippen LogP contribution in [-0.2, 0) is 0 Å². The van der Waals surface area contributed by atoms with E-state index in [-0.39, 0.29) is 5.28 Å². The third kappa shape index (κ3) is 2.61. The van der Waals surface area contributed by atoms with Crippen LogP contribution < -0.4 is 16.0 Å². The summed E-state index contributed by atoms with van der Waals surface area (Å²) in [5, 5.41) is 0.0909. The molecular weight excluding hydrogens is 242 g/mol. The first kappa shape index (κ1) is 11.6. The van der Waals surface area contributed by atoms with Gasteiger partial charge in [0, 0.05) is 6.20 Å². The summed E-state index contributed by atoms with van der Waals surface area (Å²) in [6, 6.07) is 3.56.